The molecule has 0 aromatic carbocycles. The molecule has 0 heterocycles. The lowest BCUT2D eigenvalue weighted by atomic mass is 10.5. The van der Waals surface area contributed by atoms with E-state index in [1.165, 1.54) is 0 Å². The van der Waals surface area contributed by atoms with E-state index in [1.54, 1.807) is 0 Å². The summed E-state index contributed by atoms with van der Waals surface area (Å²) >= 11 is 5.19. The van der Waals surface area contributed by atoms with Gasteiger partial charge in [0.05, 0.1) is 0 Å². The molecule has 0 aliphatic rings. The molecule has 0 aromatic rings. The third kappa shape index (κ3) is 2.99. The number of hydrogen-bond acceptors (Lipinski definition) is 2. The van der Waals surface area contributed by atoms with Crippen molar-refractivity contribution in [1.82, 2.24) is 0 Å². The fourth-order valence-electron chi connectivity index (χ4n) is 0.277. The van der Waals surface area contributed by atoms with Crippen LogP contribution in [0.25, 0.3) is 0 Å². The number of hydrogen-bond donors (Lipinski definition) is 1. The van der Waals surface area contributed by atoms with Gasteiger partial charge in [0, 0.05) is 12.5 Å². The Balaban J connectivity index is 4.12. The first-order valence-electron chi connectivity index (χ1n) is 2.33. The van der Waals surface area contributed by atoms with E-state index in [1.807, 2.05) is 0 Å². The Labute approximate surface area is 58.5 Å². The minimum absolute atomic E-state index is 0.0895. The van der Waals surface area contributed by atoms with Crippen LogP contribution in [-0.2, 0) is 9.36 Å². The number of alkyl halides is 1. The van der Waals surface area contributed by atoms with Gasteiger partial charge in [0.1, 0.15) is 11.9 Å². The van der Waals surface area contributed by atoms with Gasteiger partial charge in [-0.1, -0.05) is 0 Å². The van der Waals surface area contributed by atoms with E-state index in [-0.39, 0.29) is 5.88 Å². The molecule has 0 radical (unpaired) electrons. The van der Waals surface area contributed by atoms with E-state index >= 15 is 0 Å². The first kappa shape index (κ1) is 9.15. The normalized spacial score (nSPS) is 20.3. The number of carbonyl (C=O) groups is 1. The van der Waals surface area contributed by atoms with Gasteiger partial charge in [0.2, 0.25) is 7.37 Å². The maximum atomic E-state index is 10.6. The van der Waals surface area contributed by atoms with E-state index in [9.17, 15) is 9.36 Å². The molecule has 2 unspecified atom stereocenters. The van der Waals surface area contributed by atoms with Crippen molar-refractivity contribution in [2.45, 2.75) is 5.66 Å². The maximum Gasteiger partial charge on any atom is 0.208 e. The lowest BCUT2D eigenvalue weighted by molar-refractivity contribution is -0.107. The topological polar surface area (TPSA) is 54.4 Å². The van der Waals surface area contributed by atoms with Crippen molar-refractivity contribution in [3.8, 4) is 0 Å². The van der Waals surface area contributed by atoms with Crippen LogP contribution in [0.4, 0.5) is 0 Å². The number of aldehydes is 1. The van der Waals surface area contributed by atoms with Gasteiger partial charge in [0.15, 0.2) is 0 Å². The molecule has 0 bridgehead atoms. The van der Waals surface area contributed by atoms with Gasteiger partial charge in [-0.05, 0) is 0 Å². The van der Waals surface area contributed by atoms with E-state index in [4.69, 9.17) is 16.5 Å². The maximum absolute atomic E-state index is 10.6. The fourth-order valence-corrected chi connectivity index (χ4v) is 1.60. The summed E-state index contributed by atoms with van der Waals surface area (Å²) in [6.07, 6.45) is 0.410. The molecule has 3 nitrogen and oxygen atoms in total. The molecule has 9 heavy (non-hydrogen) atoms. The van der Waals surface area contributed by atoms with Crippen LogP contribution < -0.4 is 0 Å². The smallest absolute Gasteiger partial charge is 0.208 e. The van der Waals surface area contributed by atoms with E-state index in [0.29, 0.717) is 6.29 Å². The highest BCUT2D eigenvalue weighted by atomic mass is 35.5. The molecule has 0 aromatic heterocycles. The number of halogens is 1. The Kier molecular flexibility index (Phi) is 3.41. The average molecular weight is 171 g/mol. The Bertz CT molecular complexity index is 141. The molecule has 2 atom stereocenters. The van der Waals surface area contributed by atoms with Crippen molar-refractivity contribution in [2.24, 2.45) is 0 Å². The Morgan fingerprint density at radius 1 is 1.89 bits per heavy atom. The second-order valence-corrected chi connectivity index (χ2v) is 4.66. The van der Waals surface area contributed by atoms with Crippen molar-refractivity contribution in [3.05, 3.63) is 0 Å². The van der Waals surface area contributed by atoms with Crippen LogP contribution >= 0.6 is 19.0 Å². The van der Waals surface area contributed by atoms with Crippen molar-refractivity contribution >= 4 is 25.3 Å². The number of rotatable bonds is 3. The van der Waals surface area contributed by atoms with Gasteiger partial charge >= 0.3 is 0 Å². The molecule has 1 N–H and O–H groups in total. The van der Waals surface area contributed by atoms with Crippen LogP contribution in [0.1, 0.15) is 0 Å². The van der Waals surface area contributed by atoms with Gasteiger partial charge in [-0.15, -0.1) is 11.6 Å². The molecule has 0 aliphatic heterocycles. The molecule has 0 saturated heterocycles. The van der Waals surface area contributed by atoms with E-state index in [0.717, 1.165) is 6.66 Å². The predicted octanol–water partition coefficient (Wildman–Crippen LogP) is 0.693. The zero-order valence-electron chi connectivity index (χ0n) is 4.95. The third-order valence-corrected chi connectivity index (χ3v) is 3.01. The van der Waals surface area contributed by atoms with Gasteiger partial charge in [-0.3, -0.25) is 4.57 Å². The second kappa shape index (κ2) is 3.35. The highest BCUT2D eigenvalue weighted by Crippen LogP contribution is 2.40. The first-order chi connectivity index (χ1) is 4.02. The van der Waals surface area contributed by atoms with Crippen LogP contribution in [0.2, 0.25) is 0 Å². The fraction of sp³-hybridized carbons (Fsp3) is 0.750. The van der Waals surface area contributed by atoms with Crippen LogP contribution in [0.5, 0.6) is 0 Å². The third-order valence-electron chi connectivity index (χ3n) is 0.931. The minimum atomic E-state index is -3.28. The summed E-state index contributed by atoms with van der Waals surface area (Å²) in [5.74, 6) is -0.0895. The zero-order valence-corrected chi connectivity index (χ0v) is 6.60. The Morgan fingerprint density at radius 2 is 2.33 bits per heavy atom. The summed E-state index contributed by atoms with van der Waals surface area (Å²) < 4.78 is 10.6. The van der Waals surface area contributed by atoms with Crippen molar-refractivity contribution in [1.29, 1.82) is 0 Å². The Hall–Kier alpha value is 0.150. The van der Waals surface area contributed by atoms with Crippen molar-refractivity contribution in [3.63, 3.8) is 0 Å². The first-order valence-corrected chi connectivity index (χ1v) is 5.04. The van der Waals surface area contributed by atoms with Gasteiger partial charge in [-0.25, -0.2) is 0 Å². The molecule has 54 valence electrons. The summed E-state index contributed by atoms with van der Waals surface area (Å²) in [7, 11) is -3.28. The molecule has 5 heteroatoms. The number of carbonyl (C=O) groups excluding carboxylic acids is 1. The van der Waals surface area contributed by atoms with Gasteiger partial charge in [0.25, 0.3) is 0 Å². The highest BCUT2D eigenvalue weighted by molar-refractivity contribution is 7.59. The lowest BCUT2D eigenvalue weighted by Gasteiger charge is -2.08. The summed E-state index contributed by atoms with van der Waals surface area (Å²) in [5, 5.41) is 0. The van der Waals surface area contributed by atoms with E-state index < -0.39 is 13.0 Å². The van der Waals surface area contributed by atoms with Crippen LogP contribution in [0.15, 0.2) is 0 Å². The predicted molar refractivity (Wildman–Crippen MR) is 36.3 cm³/mol. The van der Waals surface area contributed by atoms with Crippen molar-refractivity contribution in [2.75, 3.05) is 12.5 Å². The zero-order chi connectivity index (χ0) is 7.49. The molecule has 0 fully saturated rings. The largest absolute Gasteiger partial charge is 0.344 e. The van der Waals surface area contributed by atoms with Crippen LogP contribution in [-0.4, -0.2) is 29.4 Å². The second-order valence-electron chi connectivity index (χ2n) is 1.80. The average Bonchev–Trinajstić information content (AvgIpc) is 1.65. The standard InChI is InChI=1S/C4H8ClO3P/c1-9(7,8)4(2-5)3-6/h3-4H,2H2,1H3,(H,7,8). The minimum Gasteiger partial charge on any atom is -0.344 e. The Morgan fingerprint density at radius 3 is 2.33 bits per heavy atom. The van der Waals surface area contributed by atoms with Crippen LogP contribution in [0, 0.1) is 0 Å². The summed E-state index contributed by atoms with van der Waals surface area (Å²) in [6.45, 7) is 1.12. The highest BCUT2D eigenvalue weighted by Gasteiger charge is 2.23. The molecule has 0 amide bonds. The molecule has 0 rings (SSSR count). The lowest BCUT2D eigenvalue weighted by Crippen LogP contribution is -2.10. The molecule has 0 aliphatic carbocycles. The van der Waals surface area contributed by atoms with Gasteiger partial charge < -0.3 is 9.69 Å². The quantitative estimate of drug-likeness (QED) is 0.385. The summed E-state index contributed by atoms with van der Waals surface area (Å²) in [6, 6.07) is 0. The van der Waals surface area contributed by atoms with Gasteiger partial charge in [-0.2, -0.15) is 0 Å². The monoisotopic (exact) mass is 170 g/mol. The molecular formula is C4H8ClO3P. The molecule has 0 saturated carbocycles. The van der Waals surface area contributed by atoms with Crippen LogP contribution in [0.3, 0.4) is 0 Å². The molecular weight excluding hydrogens is 162 g/mol. The van der Waals surface area contributed by atoms with E-state index in [2.05, 4.69) is 0 Å². The summed E-state index contributed by atoms with van der Waals surface area (Å²) in [4.78, 5) is 18.7. The van der Waals surface area contributed by atoms with Crippen molar-refractivity contribution < 1.29 is 14.3 Å². The SMILES string of the molecule is CP(=O)(O)C(C=O)CCl. The summed E-state index contributed by atoms with van der Waals surface area (Å²) in [5.41, 5.74) is -0.904. The molecule has 0 spiro atoms.